The number of anilines is 1. The number of hydrazone groups is 1. The van der Waals surface area contributed by atoms with Crippen molar-refractivity contribution in [3.8, 4) is 5.75 Å². The number of amides is 2. The molecule has 0 saturated heterocycles. The van der Waals surface area contributed by atoms with Crippen LogP contribution in [0.4, 0.5) is 10.6 Å². The number of nitrogens with zero attached hydrogens (tertiary/aromatic N) is 2. The number of rotatable bonds is 7. The summed E-state index contributed by atoms with van der Waals surface area (Å²) in [6.45, 7) is 1.73. The molecule has 1 aromatic heterocycles. The summed E-state index contributed by atoms with van der Waals surface area (Å²) >= 11 is 0. The molecule has 0 unspecified atom stereocenters. The molecule has 8 nitrogen and oxygen atoms in total. The molecule has 0 spiro atoms. The van der Waals surface area contributed by atoms with Crippen LogP contribution in [0.3, 0.4) is 0 Å². The Balaban J connectivity index is 1.72. The molecule has 26 heavy (non-hydrogen) atoms. The minimum absolute atomic E-state index is 0.0231. The van der Waals surface area contributed by atoms with Gasteiger partial charge in [0.25, 0.3) is 0 Å². The SMILES string of the molecule is COc1ccc(COC(=O)N/N=C(\C)CC(=O)Nc2ccccn2)cc1. The van der Waals surface area contributed by atoms with Gasteiger partial charge >= 0.3 is 6.09 Å². The Morgan fingerprint density at radius 2 is 1.92 bits per heavy atom. The molecule has 0 atom stereocenters. The van der Waals surface area contributed by atoms with E-state index in [-0.39, 0.29) is 18.9 Å². The number of carbonyl (C=O) groups excluding carboxylic acids is 2. The van der Waals surface area contributed by atoms with Crippen molar-refractivity contribution in [2.75, 3.05) is 12.4 Å². The maximum atomic E-state index is 11.8. The molecule has 0 aliphatic heterocycles. The Morgan fingerprint density at radius 3 is 2.58 bits per heavy atom. The van der Waals surface area contributed by atoms with Crippen LogP contribution in [0.25, 0.3) is 0 Å². The average molecular weight is 356 g/mol. The number of hydrogen-bond donors (Lipinski definition) is 2. The first-order valence-electron chi connectivity index (χ1n) is 7.86. The summed E-state index contributed by atoms with van der Waals surface area (Å²) in [5.41, 5.74) is 3.50. The summed E-state index contributed by atoms with van der Waals surface area (Å²) in [5.74, 6) is 0.901. The predicted molar refractivity (Wildman–Crippen MR) is 96.9 cm³/mol. The molecule has 0 aliphatic rings. The Bertz CT molecular complexity index is 761. The van der Waals surface area contributed by atoms with Crippen LogP contribution in [-0.4, -0.2) is 29.8 Å². The van der Waals surface area contributed by atoms with Gasteiger partial charge in [-0.3, -0.25) is 4.79 Å². The third kappa shape index (κ3) is 6.60. The van der Waals surface area contributed by atoms with Crippen molar-refractivity contribution >= 4 is 23.5 Å². The first-order valence-corrected chi connectivity index (χ1v) is 7.86. The highest BCUT2D eigenvalue weighted by atomic mass is 16.6. The molecule has 2 amide bonds. The molecule has 0 fully saturated rings. The van der Waals surface area contributed by atoms with E-state index in [9.17, 15) is 9.59 Å². The highest BCUT2D eigenvalue weighted by molar-refractivity contribution is 6.05. The molecule has 8 heteroatoms. The van der Waals surface area contributed by atoms with Crippen molar-refractivity contribution in [1.82, 2.24) is 10.4 Å². The van der Waals surface area contributed by atoms with Gasteiger partial charge in [0.2, 0.25) is 5.91 Å². The van der Waals surface area contributed by atoms with Gasteiger partial charge in [-0.2, -0.15) is 5.10 Å². The van der Waals surface area contributed by atoms with E-state index in [0.717, 1.165) is 11.3 Å². The third-order valence-corrected chi connectivity index (χ3v) is 3.22. The monoisotopic (exact) mass is 356 g/mol. The number of nitrogens with one attached hydrogen (secondary N) is 2. The third-order valence-electron chi connectivity index (χ3n) is 3.22. The highest BCUT2D eigenvalue weighted by Gasteiger charge is 2.07. The Labute approximate surface area is 151 Å². The van der Waals surface area contributed by atoms with Crippen molar-refractivity contribution in [3.05, 3.63) is 54.2 Å². The zero-order chi connectivity index (χ0) is 18.8. The number of ether oxygens (including phenoxy) is 2. The summed E-state index contributed by atoms with van der Waals surface area (Å²) in [7, 11) is 1.58. The van der Waals surface area contributed by atoms with E-state index in [4.69, 9.17) is 9.47 Å². The van der Waals surface area contributed by atoms with Crippen LogP contribution in [0.1, 0.15) is 18.9 Å². The van der Waals surface area contributed by atoms with E-state index >= 15 is 0 Å². The van der Waals surface area contributed by atoms with E-state index in [1.807, 2.05) is 0 Å². The Kier molecular flexibility index (Phi) is 7.11. The fourth-order valence-corrected chi connectivity index (χ4v) is 1.94. The molecule has 1 heterocycles. The van der Waals surface area contributed by atoms with E-state index in [1.165, 1.54) is 0 Å². The van der Waals surface area contributed by atoms with Gasteiger partial charge in [-0.05, 0) is 36.8 Å². The summed E-state index contributed by atoms with van der Waals surface area (Å²) < 4.78 is 10.1. The molecule has 1 aromatic carbocycles. The van der Waals surface area contributed by atoms with Crippen molar-refractivity contribution in [2.45, 2.75) is 20.0 Å². The summed E-state index contributed by atoms with van der Waals surface area (Å²) in [5, 5.41) is 6.47. The van der Waals surface area contributed by atoms with Gasteiger partial charge < -0.3 is 14.8 Å². The molecular weight excluding hydrogens is 336 g/mol. The van der Waals surface area contributed by atoms with E-state index in [0.29, 0.717) is 11.5 Å². The van der Waals surface area contributed by atoms with E-state index in [2.05, 4.69) is 20.8 Å². The second-order valence-electron chi connectivity index (χ2n) is 5.32. The molecule has 136 valence electrons. The number of methoxy groups -OCH3 is 1. The molecule has 2 aromatic rings. The van der Waals surface area contributed by atoms with Crippen LogP contribution < -0.4 is 15.5 Å². The fourth-order valence-electron chi connectivity index (χ4n) is 1.94. The van der Waals surface area contributed by atoms with Gasteiger partial charge in [-0.1, -0.05) is 18.2 Å². The van der Waals surface area contributed by atoms with Crippen molar-refractivity contribution in [2.24, 2.45) is 5.10 Å². The molecule has 0 saturated carbocycles. The Hall–Kier alpha value is -3.42. The van der Waals surface area contributed by atoms with Crippen LogP contribution in [0.5, 0.6) is 5.75 Å². The van der Waals surface area contributed by atoms with Gasteiger partial charge in [0.15, 0.2) is 0 Å². The molecule has 0 aliphatic carbocycles. The topological polar surface area (TPSA) is 102 Å². The normalized spacial score (nSPS) is 10.8. The highest BCUT2D eigenvalue weighted by Crippen LogP contribution is 2.11. The predicted octanol–water partition coefficient (Wildman–Crippen LogP) is 2.72. The molecule has 0 radical (unpaired) electrons. The van der Waals surface area contributed by atoms with Gasteiger partial charge in [-0.15, -0.1) is 0 Å². The van der Waals surface area contributed by atoms with Gasteiger partial charge in [-0.25, -0.2) is 15.2 Å². The van der Waals surface area contributed by atoms with Gasteiger partial charge in [0, 0.05) is 11.9 Å². The summed E-state index contributed by atoms with van der Waals surface area (Å²) in [4.78, 5) is 27.5. The minimum Gasteiger partial charge on any atom is -0.497 e. The van der Waals surface area contributed by atoms with Crippen LogP contribution in [-0.2, 0) is 16.1 Å². The van der Waals surface area contributed by atoms with E-state index < -0.39 is 6.09 Å². The van der Waals surface area contributed by atoms with E-state index in [1.54, 1.807) is 62.7 Å². The number of carbonyl (C=O) groups is 2. The first-order chi connectivity index (χ1) is 12.6. The quantitative estimate of drug-likeness (QED) is 0.587. The summed E-state index contributed by atoms with van der Waals surface area (Å²) in [6.07, 6.45) is 0.900. The minimum atomic E-state index is -0.703. The lowest BCUT2D eigenvalue weighted by molar-refractivity contribution is -0.115. The van der Waals surface area contributed by atoms with Gasteiger partial charge in [0.05, 0.1) is 13.5 Å². The maximum absolute atomic E-state index is 11.8. The van der Waals surface area contributed by atoms with Crippen LogP contribution in [0, 0.1) is 0 Å². The number of pyridine rings is 1. The van der Waals surface area contributed by atoms with Crippen molar-refractivity contribution in [1.29, 1.82) is 0 Å². The lowest BCUT2D eigenvalue weighted by atomic mass is 10.2. The van der Waals surface area contributed by atoms with Crippen LogP contribution in [0.15, 0.2) is 53.8 Å². The lowest BCUT2D eigenvalue weighted by Gasteiger charge is -2.06. The fraction of sp³-hybridized carbons (Fsp3) is 0.222. The van der Waals surface area contributed by atoms with Gasteiger partial charge in [0.1, 0.15) is 18.2 Å². The molecular formula is C18H20N4O4. The molecule has 2 rings (SSSR count). The first kappa shape index (κ1) is 18.9. The zero-order valence-corrected chi connectivity index (χ0v) is 14.6. The standard InChI is InChI=1S/C18H20N4O4/c1-13(11-17(23)20-16-5-3-4-10-19-16)21-22-18(24)26-12-14-6-8-15(25-2)9-7-14/h3-10H,11-12H2,1-2H3,(H,22,24)(H,19,20,23)/b21-13+. The maximum Gasteiger partial charge on any atom is 0.428 e. The summed E-state index contributed by atoms with van der Waals surface area (Å²) in [6, 6.07) is 12.3. The van der Waals surface area contributed by atoms with Crippen LogP contribution >= 0.6 is 0 Å². The number of aromatic nitrogens is 1. The second kappa shape index (κ2) is 9.77. The zero-order valence-electron chi connectivity index (χ0n) is 14.6. The number of benzene rings is 1. The van der Waals surface area contributed by atoms with Crippen LogP contribution in [0.2, 0.25) is 0 Å². The van der Waals surface area contributed by atoms with Crippen molar-refractivity contribution in [3.63, 3.8) is 0 Å². The second-order valence-corrected chi connectivity index (χ2v) is 5.32. The molecule has 0 bridgehead atoms. The van der Waals surface area contributed by atoms with Crippen molar-refractivity contribution < 1.29 is 19.1 Å². The Morgan fingerprint density at radius 1 is 1.15 bits per heavy atom. The average Bonchev–Trinajstić information content (AvgIpc) is 2.65. The largest absolute Gasteiger partial charge is 0.497 e. The number of hydrogen-bond acceptors (Lipinski definition) is 6. The lowest BCUT2D eigenvalue weighted by Crippen LogP contribution is -2.22. The smallest absolute Gasteiger partial charge is 0.428 e. The molecule has 2 N–H and O–H groups in total.